The standard InChI is InChI=1S/4CN.2K.Pt/c4*1-2;;;/q4*-1;2*+1;+2. The van der Waals surface area contributed by atoms with Gasteiger partial charge in [0.2, 0.25) is 0 Å². The summed E-state index contributed by atoms with van der Waals surface area (Å²) in [4.78, 5) is 0. The Bertz CT molecular complexity index is 63.1. The van der Waals surface area contributed by atoms with E-state index in [1.165, 1.54) is 0 Å². The van der Waals surface area contributed by atoms with Crippen molar-refractivity contribution in [2.75, 3.05) is 0 Å². The molecule has 0 fully saturated rings. The summed E-state index contributed by atoms with van der Waals surface area (Å²) < 4.78 is 0. The third kappa shape index (κ3) is 318. The van der Waals surface area contributed by atoms with Gasteiger partial charge in [-0.15, -0.1) is 0 Å². The van der Waals surface area contributed by atoms with E-state index in [2.05, 4.69) is 0 Å². The van der Waals surface area contributed by atoms with Crippen LogP contribution in [0.25, 0.3) is 0 Å². The maximum absolute atomic E-state index is 6.25. The van der Waals surface area contributed by atoms with E-state index in [-0.39, 0.29) is 124 Å². The largest absolute Gasteiger partial charge is 2.00 e. The Balaban J connectivity index is -0.00000000356. The summed E-state index contributed by atoms with van der Waals surface area (Å²) in [5.41, 5.74) is 0. The molecule has 0 saturated carbocycles. The predicted octanol–water partition coefficient (Wildman–Crippen LogP) is -5.61. The van der Waals surface area contributed by atoms with Crippen molar-refractivity contribution in [3.8, 4) is 0 Å². The normalized spacial score (nSPS) is 0.727. The molecule has 0 aliphatic heterocycles. The van der Waals surface area contributed by atoms with E-state index in [4.69, 9.17) is 47.3 Å². The third-order valence-corrected chi connectivity index (χ3v) is 0. The second-order valence-electron chi connectivity index (χ2n) is 0. The van der Waals surface area contributed by atoms with Gasteiger partial charge in [-0.2, -0.15) is 0 Å². The third-order valence-electron chi connectivity index (χ3n) is 0. The van der Waals surface area contributed by atoms with Gasteiger partial charge in [-0.05, 0) is 0 Å². The fourth-order valence-corrected chi connectivity index (χ4v) is 0. The van der Waals surface area contributed by atoms with Gasteiger partial charge in [-0.25, -0.2) is 0 Å². The quantitative estimate of drug-likeness (QED) is 0.311. The van der Waals surface area contributed by atoms with Crippen LogP contribution in [-0.4, -0.2) is 0 Å². The SMILES string of the molecule is [C-]#N.[C-]#N.[C-]#N.[C-]#N.[K+].[K+].[Pt+2]. The molecule has 11 heavy (non-hydrogen) atoms. The maximum atomic E-state index is 6.25. The van der Waals surface area contributed by atoms with Crippen molar-refractivity contribution < 1.29 is 124 Å². The topological polar surface area (TPSA) is 95.2 Å². The van der Waals surface area contributed by atoms with Gasteiger partial charge >= 0.3 is 124 Å². The average Bonchev–Trinajstić information content (AvgIpc) is 2.03. The van der Waals surface area contributed by atoms with Crippen molar-refractivity contribution in [1.82, 2.24) is 0 Å². The molecule has 48 valence electrons. The van der Waals surface area contributed by atoms with Crippen molar-refractivity contribution in [3.63, 3.8) is 0 Å². The molecular weight excluding hydrogens is 377 g/mol. The number of hydrogen-bond acceptors (Lipinski definition) is 4. The Morgan fingerprint density at radius 3 is 0.455 bits per heavy atom. The smallest absolute Gasteiger partial charge is 0.512 e. The Morgan fingerprint density at radius 1 is 0.455 bits per heavy atom. The first-order valence-electron chi connectivity index (χ1n) is 0.894. The van der Waals surface area contributed by atoms with E-state index in [0.717, 1.165) is 0 Å². The zero-order valence-corrected chi connectivity index (χ0v) is 14.6. The molecular formula is C4K2N4Pt. The van der Waals surface area contributed by atoms with Crippen LogP contribution in [0.15, 0.2) is 0 Å². The minimum atomic E-state index is 0. The average molecular weight is 377 g/mol. The summed E-state index contributed by atoms with van der Waals surface area (Å²) in [6.45, 7) is 19.0. The van der Waals surface area contributed by atoms with E-state index in [9.17, 15) is 0 Å². The van der Waals surface area contributed by atoms with E-state index < -0.39 is 0 Å². The number of nitrogens with zero attached hydrogens (tertiary/aromatic N) is 4. The van der Waals surface area contributed by atoms with Crippen LogP contribution in [0.4, 0.5) is 0 Å². The minimum absolute atomic E-state index is 0. The van der Waals surface area contributed by atoms with E-state index in [1.807, 2.05) is 0 Å². The molecule has 0 aliphatic carbocycles. The van der Waals surface area contributed by atoms with Gasteiger partial charge in [0, 0.05) is 0 Å². The van der Waals surface area contributed by atoms with Gasteiger partial charge in [0.25, 0.3) is 0 Å². The summed E-state index contributed by atoms with van der Waals surface area (Å²) in [5.74, 6) is 0. The Labute approximate surface area is 167 Å². The predicted molar refractivity (Wildman–Crippen MR) is 19.9 cm³/mol. The number of rotatable bonds is 0. The second kappa shape index (κ2) is 385. The molecule has 0 aromatic heterocycles. The molecule has 4 nitrogen and oxygen atoms in total. The van der Waals surface area contributed by atoms with Gasteiger partial charge in [0.05, 0.1) is 0 Å². The summed E-state index contributed by atoms with van der Waals surface area (Å²) >= 11 is 0. The van der Waals surface area contributed by atoms with E-state index in [0.29, 0.717) is 0 Å². The number of hydrogen-bond donors (Lipinski definition) is 0. The molecule has 0 atom stereocenters. The second-order valence-corrected chi connectivity index (χ2v) is 0. The van der Waals surface area contributed by atoms with Crippen LogP contribution < -0.4 is 103 Å². The Morgan fingerprint density at radius 2 is 0.455 bits per heavy atom. The fraction of sp³-hybridized carbons (Fsp3) is 0. The minimum Gasteiger partial charge on any atom is -0.512 e. The van der Waals surface area contributed by atoms with Crippen molar-refractivity contribution in [2.24, 2.45) is 0 Å². The van der Waals surface area contributed by atoms with Gasteiger partial charge < -0.3 is 47.3 Å². The molecule has 0 N–H and O–H groups in total. The monoisotopic (exact) mass is 377 g/mol. The van der Waals surface area contributed by atoms with E-state index >= 15 is 0 Å². The molecule has 0 aromatic rings. The molecule has 0 saturated heterocycles. The molecule has 0 rings (SSSR count). The van der Waals surface area contributed by atoms with Crippen molar-refractivity contribution in [1.29, 1.82) is 21.0 Å². The van der Waals surface area contributed by atoms with Gasteiger partial charge in [-0.1, -0.05) is 0 Å². The van der Waals surface area contributed by atoms with Crippen molar-refractivity contribution >= 4 is 0 Å². The van der Waals surface area contributed by atoms with Crippen LogP contribution in [0.1, 0.15) is 0 Å². The van der Waals surface area contributed by atoms with Crippen LogP contribution in [0.2, 0.25) is 0 Å². The molecule has 0 amide bonds. The summed E-state index contributed by atoms with van der Waals surface area (Å²) in [6.07, 6.45) is 0. The first-order chi connectivity index (χ1) is 4.00. The molecule has 0 spiro atoms. The fourth-order valence-electron chi connectivity index (χ4n) is 0. The Hall–Kier alpha value is 1.92. The van der Waals surface area contributed by atoms with Crippen molar-refractivity contribution in [2.45, 2.75) is 0 Å². The van der Waals surface area contributed by atoms with Crippen LogP contribution in [0.3, 0.4) is 0 Å². The van der Waals surface area contributed by atoms with Gasteiger partial charge in [-0.3, -0.25) is 0 Å². The van der Waals surface area contributed by atoms with E-state index in [1.54, 1.807) is 0 Å². The zero-order valence-electron chi connectivity index (χ0n) is 6.11. The van der Waals surface area contributed by atoms with Gasteiger partial charge in [0.1, 0.15) is 0 Å². The first-order valence-corrected chi connectivity index (χ1v) is 0.894. The first kappa shape index (κ1) is 52.4. The molecule has 7 heteroatoms. The van der Waals surface area contributed by atoms with Crippen molar-refractivity contribution in [3.05, 3.63) is 26.3 Å². The van der Waals surface area contributed by atoms with Crippen LogP contribution in [-0.2, 0) is 21.1 Å². The molecule has 0 aliphatic rings. The summed E-state index contributed by atoms with van der Waals surface area (Å²) in [7, 11) is 0. The van der Waals surface area contributed by atoms with Crippen LogP contribution in [0, 0.1) is 47.3 Å². The molecule has 0 unspecified atom stereocenters. The van der Waals surface area contributed by atoms with Crippen LogP contribution in [0.5, 0.6) is 0 Å². The zero-order chi connectivity index (χ0) is 8.00. The summed E-state index contributed by atoms with van der Waals surface area (Å²) in [6, 6.07) is 0. The maximum Gasteiger partial charge on any atom is 2.00 e. The van der Waals surface area contributed by atoms with Crippen LogP contribution >= 0.6 is 0 Å². The molecule has 0 heterocycles. The molecule has 0 bridgehead atoms. The molecule has 0 aromatic carbocycles. The Kier molecular flexibility index (Phi) is 1830. The summed E-state index contributed by atoms with van der Waals surface area (Å²) in [5, 5.41) is 25.0. The van der Waals surface area contributed by atoms with Gasteiger partial charge in [0.15, 0.2) is 0 Å². The molecule has 0 radical (unpaired) electrons.